The predicted molar refractivity (Wildman–Crippen MR) is 74.3 cm³/mol. The number of anilines is 1. The van der Waals surface area contributed by atoms with E-state index in [1.807, 2.05) is 0 Å². The molecule has 1 unspecified atom stereocenters. The number of nitrogens with one attached hydrogen (secondary N) is 2. The summed E-state index contributed by atoms with van der Waals surface area (Å²) in [7, 11) is 0. The summed E-state index contributed by atoms with van der Waals surface area (Å²) < 4.78 is 5.43. The molecule has 1 aliphatic heterocycles. The molecule has 1 saturated heterocycles. The van der Waals surface area contributed by atoms with Gasteiger partial charge >= 0.3 is 5.97 Å². The maximum absolute atomic E-state index is 11.9. The number of rotatable bonds is 4. The number of carboxylic acid groups (broad SMARTS) is 1. The minimum Gasteiger partial charge on any atom is -0.478 e. The number of carbonyl (C=O) groups excluding carboxylic acids is 1. The molecule has 20 heavy (non-hydrogen) atoms. The molecule has 1 atom stereocenters. The quantitative estimate of drug-likeness (QED) is 0.781. The van der Waals surface area contributed by atoms with E-state index in [-0.39, 0.29) is 24.0 Å². The van der Waals surface area contributed by atoms with Gasteiger partial charge in [-0.15, -0.1) is 0 Å². The Labute approximate surface area is 121 Å². The normalized spacial score (nSPS) is 18.6. The average Bonchev–Trinajstić information content (AvgIpc) is 2.42. The third-order valence-corrected chi connectivity index (χ3v) is 3.23. The van der Waals surface area contributed by atoms with Crippen LogP contribution >= 0.6 is 11.6 Å². The number of benzene rings is 1. The maximum Gasteiger partial charge on any atom is 0.335 e. The van der Waals surface area contributed by atoms with Crippen molar-refractivity contribution in [3.8, 4) is 0 Å². The largest absolute Gasteiger partial charge is 0.478 e. The average molecular weight is 299 g/mol. The van der Waals surface area contributed by atoms with Crippen molar-refractivity contribution in [2.45, 2.75) is 12.5 Å². The number of carboxylic acids is 1. The van der Waals surface area contributed by atoms with E-state index in [0.717, 1.165) is 6.54 Å². The predicted octanol–water partition coefficient (Wildman–Crippen LogP) is 1.36. The number of ether oxygens (including phenoxy) is 1. The highest BCUT2D eigenvalue weighted by Crippen LogP contribution is 2.23. The van der Waals surface area contributed by atoms with Crippen LogP contribution in [0.3, 0.4) is 0 Å². The molecule has 1 aromatic rings. The number of amides is 1. The summed E-state index contributed by atoms with van der Waals surface area (Å²) in [6.45, 7) is 1.98. The van der Waals surface area contributed by atoms with Gasteiger partial charge in [0.25, 0.3) is 0 Å². The van der Waals surface area contributed by atoms with Gasteiger partial charge in [0.1, 0.15) is 0 Å². The van der Waals surface area contributed by atoms with Crippen LogP contribution in [0.25, 0.3) is 0 Å². The lowest BCUT2D eigenvalue weighted by atomic mass is 10.2. The first-order valence-corrected chi connectivity index (χ1v) is 6.59. The fourth-order valence-electron chi connectivity index (χ4n) is 1.91. The third kappa shape index (κ3) is 3.93. The highest BCUT2D eigenvalue weighted by Gasteiger charge is 2.18. The lowest BCUT2D eigenvalue weighted by Crippen LogP contribution is -2.40. The summed E-state index contributed by atoms with van der Waals surface area (Å²) in [5.74, 6) is -1.33. The SMILES string of the molecule is O=C(CC1CNCCO1)Nc1cc(C(=O)O)ccc1Cl. The highest BCUT2D eigenvalue weighted by molar-refractivity contribution is 6.33. The maximum atomic E-state index is 11.9. The highest BCUT2D eigenvalue weighted by atomic mass is 35.5. The van der Waals surface area contributed by atoms with E-state index in [0.29, 0.717) is 23.9 Å². The van der Waals surface area contributed by atoms with Gasteiger partial charge in [0.2, 0.25) is 5.91 Å². The van der Waals surface area contributed by atoms with E-state index in [2.05, 4.69) is 10.6 Å². The Morgan fingerprint density at radius 1 is 1.50 bits per heavy atom. The van der Waals surface area contributed by atoms with Crippen LogP contribution in [-0.4, -0.2) is 42.8 Å². The van der Waals surface area contributed by atoms with Crippen molar-refractivity contribution in [1.29, 1.82) is 0 Å². The van der Waals surface area contributed by atoms with Gasteiger partial charge in [-0.1, -0.05) is 11.6 Å². The van der Waals surface area contributed by atoms with Crippen LogP contribution in [0.5, 0.6) is 0 Å². The van der Waals surface area contributed by atoms with Crippen molar-refractivity contribution in [3.63, 3.8) is 0 Å². The minimum atomic E-state index is -1.07. The smallest absolute Gasteiger partial charge is 0.335 e. The summed E-state index contributed by atoms with van der Waals surface area (Å²) in [6.07, 6.45) is 0.0193. The Morgan fingerprint density at radius 2 is 2.30 bits per heavy atom. The molecule has 0 aliphatic carbocycles. The van der Waals surface area contributed by atoms with Crippen LogP contribution in [0.4, 0.5) is 5.69 Å². The molecule has 1 aliphatic rings. The van der Waals surface area contributed by atoms with Gasteiger partial charge in [-0.25, -0.2) is 4.79 Å². The first kappa shape index (κ1) is 14.8. The topological polar surface area (TPSA) is 87.7 Å². The second kappa shape index (κ2) is 6.69. The second-order valence-corrected chi connectivity index (χ2v) is 4.86. The molecular weight excluding hydrogens is 284 g/mol. The number of aromatic carboxylic acids is 1. The zero-order valence-corrected chi connectivity index (χ0v) is 11.4. The van der Waals surface area contributed by atoms with E-state index in [1.165, 1.54) is 18.2 Å². The van der Waals surface area contributed by atoms with Crippen molar-refractivity contribution in [1.82, 2.24) is 5.32 Å². The molecule has 1 aromatic carbocycles. The van der Waals surface area contributed by atoms with E-state index in [4.69, 9.17) is 21.4 Å². The summed E-state index contributed by atoms with van der Waals surface area (Å²) in [5.41, 5.74) is 0.362. The second-order valence-electron chi connectivity index (χ2n) is 4.45. The number of hydrogen-bond donors (Lipinski definition) is 3. The molecular formula is C13H15ClN2O4. The van der Waals surface area contributed by atoms with Crippen LogP contribution in [0.1, 0.15) is 16.8 Å². The van der Waals surface area contributed by atoms with Crippen molar-refractivity contribution in [2.24, 2.45) is 0 Å². The molecule has 0 radical (unpaired) electrons. The van der Waals surface area contributed by atoms with Crippen LogP contribution in [0.15, 0.2) is 18.2 Å². The molecule has 0 saturated carbocycles. The summed E-state index contributed by atoms with van der Waals surface area (Å²) in [5, 5.41) is 15.0. The van der Waals surface area contributed by atoms with Crippen molar-refractivity contribution < 1.29 is 19.4 Å². The van der Waals surface area contributed by atoms with E-state index < -0.39 is 5.97 Å². The molecule has 2 rings (SSSR count). The number of carbonyl (C=O) groups is 2. The Balaban J connectivity index is 1.99. The van der Waals surface area contributed by atoms with Gasteiger partial charge in [-0.2, -0.15) is 0 Å². The van der Waals surface area contributed by atoms with Crippen LogP contribution < -0.4 is 10.6 Å². The van der Waals surface area contributed by atoms with Gasteiger partial charge in [0, 0.05) is 13.1 Å². The molecule has 7 heteroatoms. The fraction of sp³-hybridized carbons (Fsp3) is 0.385. The molecule has 1 amide bonds. The van der Waals surface area contributed by atoms with E-state index in [9.17, 15) is 9.59 Å². The van der Waals surface area contributed by atoms with Crippen LogP contribution in [0.2, 0.25) is 5.02 Å². The molecule has 0 spiro atoms. The lowest BCUT2D eigenvalue weighted by molar-refractivity contribution is -0.119. The zero-order valence-electron chi connectivity index (χ0n) is 10.7. The van der Waals surface area contributed by atoms with Crippen molar-refractivity contribution in [2.75, 3.05) is 25.0 Å². The van der Waals surface area contributed by atoms with Crippen LogP contribution in [0, 0.1) is 0 Å². The third-order valence-electron chi connectivity index (χ3n) is 2.90. The lowest BCUT2D eigenvalue weighted by Gasteiger charge is -2.23. The van der Waals surface area contributed by atoms with Gasteiger partial charge in [-0.3, -0.25) is 4.79 Å². The summed E-state index contributed by atoms with van der Waals surface area (Å²) in [6, 6.07) is 4.16. The van der Waals surface area contributed by atoms with Crippen molar-refractivity contribution >= 4 is 29.2 Å². The number of halogens is 1. The fourth-order valence-corrected chi connectivity index (χ4v) is 2.08. The van der Waals surface area contributed by atoms with Crippen molar-refractivity contribution in [3.05, 3.63) is 28.8 Å². The first-order chi connectivity index (χ1) is 9.56. The van der Waals surface area contributed by atoms with Gasteiger partial charge in [-0.05, 0) is 18.2 Å². The number of morpholine rings is 1. The Hall–Kier alpha value is -1.63. The first-order valence-electron chi connectivity index (χ1n) is 6.21. The van der Waals surface area contributed by atoms with E-state index in [1.54, 1.807) is 0 Å². The molecule has 1 heterocycles. The van der Waals surface area contributed by atoms with Gasteiger partial charge < -0.3 is 20.5 Å². The Kier molecular flexibility index (Phi) is 4.94. The molecule has 1 fully saturated rings. The van der Waals surface area contributed by atoms with E-state index >= 15 is 0 Å². The summed E-state index contributed by atoms with van der Waals surface area (Å²) in [4.78, 5) is 22.8. The summed E-state index contributed by atoms with van der Waals surface area (Å²) >= 11 is 5.94. The number of hydrogen-bond acceptors (Lipinski definition) is 4. The van der Waals surface area contributed by atoms with Crippen LogP contribution in [-0.2, 0) is 9.53 Å². The zero-order chi connectivity index (χ0) is 14.5. The molecule has 0 aromatic heterocycles. The molecule has 3 N–H and O–H groups in total. The van der Waals surface area contributed by atoms with Gasteiger partial charge in [0.05, 0.1) is 35.4 Å². The standard InChI is InChI=1S/C13H15ClN2O4/c14-10-2-1-8(13(18)19)5-11(10)16-12(17)6-9-7-15-3-4-20-9/h1-2,5,9,15H,3-4,6-7H2,(H,16,17)(H,18,19). The minimum absolute atomic E-state index is 0.0697. The Morgan fingerprint density at radius 3 is 2.95 bits per heavy atom. The molecule has 108 valence electrons. The molecule has 0 bridgehead atoms. The monoisotopic (exact) mass is 298 g/mol. The molecule has 6 nitrogen and oxygen atoms in total. The Bertz CT molecular complexity index is 515. The van der Waals surface area contributed by atoms with Gasteiger partial charge in [0.15, 0.2) is 0 Å².